The Morgan fingerprint density at radius 2 is 1.18 bits per heavy atom. The SMILES string of the molecule is CC/C=C\C[C@@H](O)/C=C/C=C/C=C\C=C/[C@H](O)[C@@H](O)CCCC(=O)OC[C@H](COP(=O)(O)O)OC(=O)CCCCCCCCCCCCCCC. The largest absolute Gasteiger partial charge is 0.469 e. The summed E-state index contributed by atoms with van der Waals surface area (Å²) in [6.07, 6.45) is 30.4. The van der Waals surface area contributed by atoms with Crippen LogP contribution in [-0.2, 0) is 28.2 Å². The molecule has 0 aliphatic carbocycles. The van der Waals surface area contributed by atoms with E-state index < -0.39 is 57.4 Å². The van der Waals surface area contributed by atoms with E-state index in [-0.39, 0.29) is 25.7 Å². The van der Waals surface area contributed by atoms with Crippen LogP contribution in [0.25, 0.3) is 0 Å². The van der Waals surface area contributed by atoms with Crippen LogP contribution in [0.15, 0.2) is 60.8 Å². The van der Waals surface area contributed by atoms with Crippen LogP contribution in [0.4, 0.5) is 0 Å². The maximum atomic E-state index is 12.4. The molecule has 0 aromatic rings. The van der Waals surface area contributed by atoms with Gasteiger partial charge in [-0.3, -0.25) is 14.1 Å². The number of carbonyl (C=O) groups is 2. The van der Waals surface area contributed by atoms with E-state index in [0.717, 1.165) is 25.7 Å². The van der Waals surface area contributed by atoms with Crippen molar-refractivity contribution in [1.82, 2.24) is 0 Å². The minimum absolute atomic E-state index is 0.0890. The predicted molar refractivity (Wildman–Crippen MR) is 202 cm³/mol. The number of phosphoric acid groups is 1. The monoisotopic (exact) mass is 742 g/mol. The fourth-order valence-corrected chi connectivity index (χ4v) is 5.31. The molecule has 0 aromatic heterocycles. The molecule has 0 bridgehead atoms. The van der Waals surface area contributed by atoms with E-state index in [1.54, 1.807) is 42.5 Å². The Morgan fingerprint density at radius 1 is 0.647 bits per heavy atom. The summed E-state index contributed by atoms with van der Waals surface area (Å²) >= 11 is 0. The lowest BCUT2D eigenvalue weighted by atomic mass is 10.0. The molecule has 0 rings (SSSR count). The van der Waals surface area contributed by atoms with Gasteiger partial charge in [0.05, 0.1) is 24.9 Å². The Hall–Kier alpha value is -2.37. The van der Waals surface area contributed by atoms with E-state index in [1.165, 1.54) is 63.9 Å². The van der Waals surface area contributed by atoms with Crippen LogP contribution in [-0.4, -0.2) is 74.7 Å². The number of aliphatic hydroxyl groups excluding tert-OH is 3. The summed E-state index contributed by atoms with van der Waals surface area (Å²) in [5.74, 6) is -1.22. The molecule has 0 aliphatic heterocycles. The predicted octanol–water partition coefficient (Wildman–Crippen LogP) is 7.87. The van der Waals surface area contributed by atoms with Gasteiger partial charge in [-0.05, 0) is 32.1 Å². The van der Waals surface area contributed by atoms with Crippen LogP contribution in [0.3, 0.4) is 0 Å². The van der Waals surface area contributed by atoms with Gasteiger partial charge < -0.3 is 34.6 Å². The van der Waals surface area contributed by atoms with Crippen molar-refractivity contribution in [3.8, 4) is 0 Å². The van der Waals surface area contributed by atoms with Gasteiger partial charge in [0.2, 0.25) is 0 Å². The van der Waals surface area contributed by atoms with Crippen molar-refractivity contribution in [2.45, 2.75) is 160 Å². The lowest BCUT2D eigenvalue weighted by molar-refractivity contribution is -0.161. The van der Waals surface area contributed by atoms with Crippen molar-refractivity contribution < 1.29 is 53.3 Å². The molecule has 0 aromatic carbocycles. The number of carbonyl (C=O) groups excluding carboxylic acids is 2. The van der Waals surface area contributed by atoms with Crippen LogP contribution in [0.1, 0.15) is 136 Å². The summed E-state index contributed by atoms with van der Waals surface area (Å²) in [5, 5.41) is 30.2. The van der Waals surface area contributed by atoms with Crippen molar-refractivity contribution in [2.24, 2.45) is 0 Å². The fraction of sp³-hybridized carbons (Fsp3) is 0.692. The summed E-state index contributed by atoms with van der Waals surface area (Å²) in [4.78, 5) is 42.7. The number of allylic oxidation sites excluding steroid dienone is 7. The highest BCUT2D eigenvalue weighted by molar-refractivity contribution is 7.46. The molecule has 0 unspecified atom stereocenters. The second kappa shape index (κ2) is 33.5. The maximum absolute atomic E-state index is 12.4. The highest BCUT2D eigenvalue weighted by Gasteiger charge is 2.23. The number of hydrogen-bond donors (Lipinski definition) is 5. The first-order valence-electron chi connectivity index (χ1n) is 18.9. The molecule has 0 amide bonds. The first-order valence-corrected chi connectivity index (χ1v) is 20.4. The van der Waals surface area contributed by atoms with Crippen molar-refractivity contribution in [1.29, 1.82) is 0 Å². The van der Waals surface area contributed by atoms with Crippen molar-refractivity contribution >= 4 is 19.8 Å². The summed E-state index contributed by atoms with van der Waals surface area (Å²) < 4.78 is 26.1. The average molecular weight is 743 g/mol. The smallest absolute Gasteiger partial charge is 0.462 e. The zero-order valence-corrected chi connectivity index (χ0v) is 32.0. The number of rotatable bonds is 33. The first kappa shape index (κ1) is 48.6. The second-order valence-electron chi connectivity index (χ2n) is 12.7. The molecule has 0 fully saturated rings. The standard InChI is InChI=1S/C39H67O11P/c1-3-5-7-8-9-10-11-12-13-14-15-20-24-30-39(44)50-35(33-49-51(45,46)47)32-48-38(43)31-25-29-37(42)36(41)28-23-19-17-16-18-22-27-34(40)26-21-6-4-2/h6,16-19,21-23,27-28,34-37,40-42H,3-5,7-15,20,24-26,29-33H2,1-2H3,(H2,45,46,47)/b18-16+,19-17-,21-6-,27-22+,28-23-/t34-,35-,36+,37+/m1/s1. The topological polar surface area (TPSA) is 180 Å². The lowest BCUT2D eigenvalue weighted by Gasteiger charge is -2.18. The number of ether oxygens (including phenoxy) is 2. The third-order valence-corrected chi connectivity index (χ3v) is 8.38. The molecule has 4 atom stereocenters. The average Bonchev–Trinajstić information content (AvgIpc) is 3.08. The highest BCUT2D eigenvalue weighted by Crippen LogP contribution is 2.36. The number of unbranched alkanes of at least 4 members (excludes halogenated alkanes) is 12. The second-order valence-corrected chi connectivity index (χ2v) is 14.0. The molecule has 0 spiro atoms. The number of aliphatic hydroxyl groups is 3. The van der Waals surface area contributed by atoms with Crippen LogP contribution in [0.5, 0.6) is 0 Å². The minimum atomic E-state index is -4.83. The molecule has 0 aliphatic rings. The lowest BCUT2D eigenvalue weighted by Crippen LogP contribution is -2.29. The molecule has 12 heteroatoms. The van der Waals surface area contributed by atoms with E-state index in [2.05, 4.69) is 11.4 Å². The van der Waals surface area contributed by atoms with Crippen molar-refractivity contribution in [3.05, 3.63) is 60.8 Å². The Morgan fingerprint density at radius 3 is 1.75 bits per heavy atom. The van der Waals surface area contributed by atoms with Crippen molar-refractivity contribution in [2.75, 3.05) is 13.2 Å². The van der Waals surface area contributed by atoms with Crippen LogP contribution in [0, 0.1) is 0 Å². The van der Waals surface area contributed by atoms with Gasteiger partial charge in [0.25, 0.3) is 0 Å². The quantitative estimate of drug-likeness (QED) is 0.0145. The van der Waals surface area contributed by atoms with E-state index in [0.29, 0.717) is 12.8 Å². The molecule has 0 heterocycles. The van der Waals surface area contributed by atoms with Gasteiger partial charge in [-0.1, -0.05) is 152 Å². The van der Waals surface area contributed by atoms with Crippen molar-refractivity contribution in [3.63, 3.8) is 0 Å². The van der Waals surface area contributed by atoms with Gasteiger partial charge in [-0.2, -0.15) is 0 Å². The van der Waals surface area contributed by atoms with Gasteiger partial charge in [0, 0.05) is 12.8 Å². The molecule has 0 radical (unpaired) electrons. The summed E-state index contributed by atoms with van der Waals surface area (Å²) in [5.41, 5.74) is 0. The number of hydrogen-bond acceptors (Lipinski definition) is 9. The van der Waals surface area contributed by atoms with Gasteiger partial charge >= 0.3 is 19.8 Å². The minimum Gasteiger partial charge on any atom is -0.462 e. The Labute approximate surface area is 306 Å². The molecular weight excluding hydrogens is 675 g/mol. The Bertz CT molecular complexity index is 1060. The third-order valence-electron chi connectivity index (χ3n) is 7.89. The normalized spacial score (nSPS) is 15.0. The Balaban J connectivity index is 4.34. The fourth-order valence-electron chi connectivity index (χ4n) is 4.95. The third kappa shape index (κ3) is 34.5. The van der Waals surface area contributed by atoms with Crippen LogP contribution < -0.4 is 0 Å². The van der Waals surface area contributed by atoms with Crippen LogP contribution >= 0.6 is 7.82 Å². The summed E-state index contributed by atoms with van der Waals surface area (Å²) in [6.45, 7) is 3.18. The molecule has 5 N–H and O–H groups in total. The van der Waals surface area contributed by atoms with E-state index in [1.807, 2.05) is 19.1 Å². The Kier molecular flexibility index (Phi) is 31.9. The molecule has 51 heavy (non-hydrogen) atoms. The zero-order chi connectivity index (χ0) is 38.0. The number of esters is 2. The molecule has 11 nitrogen and oxygen atoms in total. The van der Waals surface area contributed by atoms with Crippen LogP contribution in [0.2, 0.25) is 0 Å². The summed E-state index contributed by atoms with van der Waals surface area (Å²) in [6, 6.07) is 0. The van der Waals surface area contributed by atoms with Gasteiger partial charge in [-0.25, -0.2) is 4.57 Å². The summed E-state index contributed by atoms with van der Waals surface area (Å²) in [7, 11) is -4.83. The molecule has 294 valence electrons. The van der Waals surface area contributed by atoms with Gasteiger partial charge in [0.15, 0.2) is 6.10 Å². The van der Waals surface area contributed by atoms with E-state index >= 15 is 0 Å². The molecular formula is C39H67O11P. The van der Waals surface area contributed by atoms with E-state index in [9.17, 15) is 29.5 Å². The van der Waals surface area contributed by atoms with Gasteiger partial charge in [0.1, 0.15) is 6.61 Å². The van der Waals surface area contributed by atoms with Gasteiger partial charge in [-0.15, -0.1) is 0 Å². The number of phosphoric ester groups is 1. The highest BCUT2D eigenvalue weighted by atomic mass is 31.2. The van der Waals surface area contributed by atoms with E-state index in [4.69, 9.17) is 19.3 Å². The molecule has 0 saturated heterocycles. The molecule has 0 saturated carbocycles. The first-order chi connectivity index (χ1) is 24.5. The zero-order valence-electron chi connectivity index (χ0n) is 31.1. The maximum Gasteiger partial charge on any atom is 0.469 e.